The van der Waals surface area contributed by atoms with Crippen LogP contribution in [0.15, 0.2) is 42.5 Å². The van der Waals surface area contributed by atoms with Crippen molar-refractivity contribution in [2.45, 2.75) is 6.92 Å². The second-order valence-electron chi connectivity index (χ2n) is 6.82. The first-order valence-electron chi connectivity index (χ1n) is 9.15. The maximum Gasteiger partial charge on any atom is 0.337 e. The molecule has 1 aliphatic heterocycles. The van der Waals surface area contributed by atoms with Gasteiger partial charge in [0.25, 0.3) is 5.91 Å². The van der Waals surface area contributed by atoms with E-state index in [0.29, 0.717) is 24.2 Å². The van der Waals surface area contributed by atoms with Gasteiger partial charge >= 0.3 is 5.97 Å². The number of piperazine rings is 1. The summed E-state index contributed by atoms with van der Waals surface area (Å²) in [5.74, 6) is -0.422. The molecule has 6 nitrogen and oxygen atoms in total. The number of carbonyl (C=O) groups is 2. The smallest absolute Gasteiger partial charge is 0.337 e. The molecule has 0 unspecified atom stereocenters. The molecule has 0 saturated carbocycles. The van der Waals surface area contributed by atoms with Crippen molar-refractivity contribution in [2.24, 2.45) is 0 Å². The number of rotatable bonds is 3. The van der Waals surface area contributed by atoms with E-state index in [-0.39, 0.29) is 5.91 Å². The quantitative estimate of drug-likeness (QED) is 0.637. The molecular formula is C21H21N3O3S. The van der Waals surface area contributed by atoms with Crippen molar-refractivity contribution < 1.29 is 14.3 Å². The van der Waals surface area contributed by atoms with Crippen molar-refractivity contribution in [1.29, 1.82) is 0 Å². The third kappa shape index (κ3) is 3.57. The lowest BCUT2D eigenvalue weighted by molar-refractivity contribution is 0.0599. The second kappa shape index (κ2) is 7.59. The summed E-state index contributed by atoms with van der Waals surface area (Å²) in [6, 6.07) is 12.9. The van der Waals surface area contributed by atoms with Crippen LogP contribution in [-0.2, 0) is 4.74 Å². The number of fused-ring (bicyclic) bond motifs is 1. The highest BCUT2D eigenvalue weighted by molar-refractivity contribution is 7.22. The van der Waals surface area contributed by atoms with Gasteiger partial charge in [0.1, 0.15) is 0 Å². The van der Waals surface area contributed by atoms with Crippen molar-refractivity contribution in [3.05, 3.63) is 59.2 Å². The van der Waals surface area contributed by atoms with Crippen molar-refractivity contribution in [2.75, 3.05) is 38.2 Å². The van der Waals surface area contributed by atoms with E-state index >= 15 is 0 Å². The van der Waals surface area contributed by atoms with Crippen LogP contribution >= 0.6 is 11.3 Å². The molecule has 1 amide bonds. The molecule has 1 saturated heterocycles. The number of amides is 1. The maximum absolute atomic E-state index is 12.8. The fourth-order valence-corrected chi connectivity index (χ4v) is 4.42. The Hall–Kier alpha value is -2.93. The summed E-state index contributed by atoms with van der Waals surface area (Å²) in [6.07, 6.45) is 0. The Morgan fingerprint density at radius 1 is 1.00 bits per heavy atom. The van der Waals surface area contributed by atoms with E-state index in [1.165, 1.54) is 17.4 Å². The highest BCUT2D eigenvalue weighted by Crippen LogP contribution is 2.30. The van der Waals surface area contributed by atoms with Gasteiger partial charge in [-0.25, -0.2) is 9.78 Å². The first-order valence-corrected chi connectivity index (χ1v) is 9.96. The number of aryl methyl sites for hydroxylation is 1. The lowest BCUT2D eigenvalue weighted by Crippen LogP contribution is -2.48. The fraction of sp³-hybridized carbons (Fsp3) is 0.286. The molecule has 4 rings (SSSR count). The number of methoxy groups -OCH3 is 1. The summed E-state index contributed by atoms with van der Waals surface area (Å²) < 4.78 is 5.88. The van der Waals surface area contributed by atoms with E-state index < -0.39 is 5.97 Å². The first-order chi connectivity index (χ1) is 13.5. The summed E-state index contributed by atoms with van der Waals surface area (Å²) in [6.45, 7) is 4.88. The van der Waals surface area contributed by atoms with Crippen LogP contribution < -0.4 is 4.90 Å². The monoisotopic (exact) mass is 395 g/mol. The summed E-state index contributed by atoms with van der Waals surface area (Å²) in [5, 5.41) is 1.01. The van der Waals surface area contributed by atoms with Gasteiger partial charge in [-0.2, -0.15) is 0 Å². The van der Waals surface area contributed by atoms with E-state index in [0.717, 1.165) is 23.7 Å². The lowest BCUT2D eigenvalue weighted by atomic mass is 10.1. The van der Waals surface area contributed by atoms with Crippen molar-refractivity contribution in [3.63, 3.8) is 0 Å². The predicted molar refractivity (Wildman–Crippen MR) is 110 cm³/mol. The van der Waals surface area contributed by atoms with Crippen LogP contribution in [0, 0.1) is 6.92 Å². The normalized spacial score (nSPS) is 14.4. The van der Waals surface area contributed by atoms with Gasteiger partial charge < -0.3 is 14.5 Å². The summed E-state index contributed by atoms with van der Waals surface area (Å²) in [5.41, 5.74) is 3.28. The SMILES string of the molecule is COC(=O)c1ccc(C(=O)N2CCN(c3nc4ccc(C)cc4s3)CC2)cc1. The Bertz CT molecular complexity index is 1020. The molecule has 0 spiro atoms. The second-order valence-corrected chi connectivity index (χ2v) is 7.82. The minimum atomic E-state index is -0.404. The van der Waals surface area contributed by atoms with Crippen LogP contribution in [0.4, 0.5) is 5.13 Å². The molecule has 7 heteroatoms. The number of carbonyl (C=O) groups excluding carboxylic acids is 2. The van der Waals surface area contributed by atoms with E-state index in [2.05, 4.69) is 30.0 Å². The first kappa shape index (κ1) is 18.4. The van der Waals surface area contributed by atoms with Crippen LogP contribution in [0.3, 0.4) is 0 Å². The molecule has 2 aromatic carbocycles. The van der Waals surface area contributed by atoms with E-state index in [1.54, 1.807) is 35.6 Å². The average molecular weight is 395 g/mol. The van der Waals surface area contributed by atoms with Gasteiger partial charge in [-0.1, -0.05) is 17.4 Å². The number of hydrogen-bond donors (Lipinski definition) is 0. The molecule has 28 heavy (non-hydrogen) atoms. The van der Waals surface area contributed by atoms with Crippen LogP contribution in [0.5, 0.6) is 0 Å². The number of anilines is 1. The Kier molecular flexibility index (Phi) is 5.00. The fourth-order valence-electron chi connectivity index (χ4n) is 3.31. The van der Waals surface area contributed by atoms with Gasteiger partial charge in [-0.05, 0) is 48.9 Å². The highest BCUT2D eigenvalue weighted by Gasteiger charge is 2.24. The minimum Gasteiger partial charge on any atom is -0.465 e. The van der Waals surface area contributed by atoms with E-state index in [4.69, 9.17) is 9.72 Å². The highest BCUT2D eigenvalue weighted by atomic mass is 32.1. The van der Waals surface area contributed by atoms with E-state index in [1.807, 2.05) is 4.90 Å². The molecule has 0 radical (unpaired) electrons. The van der Waals surface area contributed by atoms with Gasteiger partial charge in [0, 0.05) is 31.7 Å². The van der Waals surface area contributed by atoms with Crippen LogP contribution in [0.1, 0.15) is 26.3 Å². The van der Waals surface area contributed by atoms with E-state index in [9.17, 15) is 9.59 Å². The molecule has 0 aliphatic carbocycles. The average Bonchev–Trinajstić information content (AvgIpc) is 3.16. The van der Waals surface area contributed by atoms with Gasteiger partial charge in [0.15, 0.2) is 5.13 Å². The Labute approximate surface area is 167 Å². The third-order valence-corrected chi connectivity index (χ3v) is 6.00. The Balaban J connectivity index is 1.41. The van der Waals surface area contributed by atoms with Gasteiger partial charge in [0.2, 0.25) is 0 Å². The topological polar surface area (TPSA) is 62.7 Å². The minimum absolute atomic E-state index is 0.0176. The molecule has 3 aromatic rings. The molecule has 0 N–H and O–H groups in total. The molecular weight excluding hydrogens is 374 g/mol. The standard InChI is InChI=1S/C21H21N3O3S/c1-14-3-8-17-18(13-14)28-21(22-17)24-11-9-23(10-12-24)19(25)15-4-6-16(7-5-15)20(26)27-2/h3-8,13H,9-12H2,1-2H3. The van der Waals surface area contributed by atoms with Crippen molar-refractivity contribution in [1.82, 2.24) is 9.88 Å². The molecule has 0 bridgehead atoms. The molecule has 1 fully saturated rings. The largest absolute Gasteiger partial charge is 0.465 e. The lowest BCUT2D eigenvalue weighted by Gasteiger charge is -2.34. The van der Waals surface area contributed by atoms with Crippen LogP contribution in [0.25, 0.3) is 10.2 Å². The van der Waals surface area contributed by atoms with Crippen molar-refractivity contribution >= 4 is 38.6 Å². The summed E-state index contributed by atoms with van der Waals surface area (Å²) in [7, 11) is 1.34. The number of esters is 1. The number of aromatic nitrogens is 1. The van der Waals surface area contributed by atoms with Gasteiger partial charge in [-0.15, -0.1) is 0 Å². The van der Waals surface area contributed by atoms with Crippen LogP contribution in [-0.4, -0.2) is 55.0 Å². The Morgan fingerprint density at radius 2 is 1.68 bits per heavy atom. The number of ether oxygens (including phenoxy) is 1. The van der Waals surface area contributed by atoms with Gasteiger partial charge in [-0.3, -0.25) is 4.79 Å². The molecule has 1 aromatic heterocycles. The molecule has 2 heterocycles. The zero-order chi connectivity index (χ0) is 19.7. The Morgan fingerprint density at radius 3 is 2.36 bits per heavy atom. The zero-order valence-electron chi connectivity index (χ0n) is 15.8. The number of hydrogen-bond acceptors (Lipinski definition) is 6. The molecule has 0 atom stereocenters. The van der Waals surface area contributed by atoms with Crippen molar-refractivity contribution in [3.8, 4) is 0 Å². The maximum atomic E-state index is 12.8. The third-order valence-electron chi connectivity index (χ3n) is 4.92. The summed E-state index contributed by atoms with van der Waals surface area (Å²) in [4.78, 5) is 33.1. The van der Waals surface area contributed by atoms with Crippen LogP contribution in [0.2, 0.25) is 0 Å². The predicted octanol–water partition coefficient (Wildman–Crippen LogP) is 3.35. The molecule has 144 valence electrons. The molecule has 1 aliphatic rings. The van der Waals surface area contributed by atoms with Gasteiger partial charge in [0.05, 0.1) is 22.9 Å². The zero-order valence-corrected chi connectivity index (χ0v) is 16.7. The summed E-state index contributed by atoms with van der Waals surface area (Å²) >= 11 is 1.70. The number of nitrogens with zero attached hydrogens (tertiary/aromatic N) is 3. The number of benzene rings is 2. The number of thiazole rings is 1.